The number of ether oxygens (including phenoxy) is 2. The molecule has 4 aromatic rings. The number of aromatic nitrogens is 1. The molecule has 7 heteroatoms. The number of amides is 1. The lowest BCUT2D eigenvalue weighted by Gasteiger charge is -2.05. The molecule has 3 aromatic carbocycles. The van der Waals surface area contributed by atoms with Crippen LogP contribution in [0.1, 0.15) is 10.4 Å². The molecule has 0 spiro atoms. The molecule has 0 aliphatic heterocycles. The van der Waals surface area contributed by atoms with E-state index in [-0.39, 0.29) is 5.91 Å². The van der Waals surface area contributed by atoms with E-state index in [1.165, 1.54) is 35.6 Å². The lowest BCUT2D eigenvalue weighted by atomic mass is 10.1. The average molecular weight is 434 g/mol. The number of anilines is 1. The molecular formula is C24H19FN2O3S. The summed E-state index contributed by atoms with van der Waals surface area (Å²) in [6, 6.07) is 20.6. The summed E-state index contributed by atoms with van der Waals surface area (Å²) in [6.07, 6.45) is 0. The predicted octanol–water partition coefficient (Wildman–Crippen LogP) is 5.89. The van der Waals surface area contributed by atoms with Crippen molar-refractivity contribution in [1.82, 2.24) is 4.98 Å². The summed E-state index contributed by atoms with van der Waals surface area (Å²) in [5, 5.41) is 3.27. The molecular weight excluding hydrogens is 415 g/mol. The number of benzene rings is 3. The summed E-state index contributed by atoms with van der Waals surface area (Å²) in [6.45, 7) is 0. The molecule has 4 rings (SSSR count). The minimum absolute atomic E-state index is 0.351. The summed E-state index contributed by atoms with van der Waals surface area (Å²) in [4.78, 5) is 18.2. The van der Waals surface area contributed by atoms with E-state index < -0.39 is 5.82 Å². The third-order valence-corrected chi connectivity index (χ3v) is 5.69. The van der Waals surface area contributed by atoms with E-state index >= 15 is 0 Å². The molecule has 31 heavy (non-hydrogen) atoms. The number of carbonyl (C=O) groups excluding carboxylic acids is 1. The average Bonchev–Trinajstić information content (AvgIpc) is 3.23. The first-order valence-corrected chi connectivity index (χ1v) is 10.3. The lowest BCUT2D eigenvalue weighted by Crippen LogP contribution is -2.11. The molecule has 0 radical (unpaired) electrons. The van der Waals surface area contributed by atoms with Crippen molar-refractivity contribution in [1.29, 1.82) is 0 Å². The number of methoxy groups -OCH3 is 2. The third kappa shape index (κ3) is 4.57. The molecule has 0 unspecified atom stereocenters. The molecule has 0 aliphatic carbocycles. The number of carbonyl (C=O) groups is 1. The summed E-state index contributed by atoms with van der Waals surface area (Å²) in [5.74, 6) is 0.754. The van der Waals surface area contributed by atoms with E-state index in [4.69, 9.17) is 9.47 Å². The van der Waals surface area contributed by atoms with Crippen LogP contribution in [0, 0.1) is 5.82 Å². The molecule has 156 valence electrons. The van der Waals surface area contributed by atoms with Gasteiger partial charge in [-0.1, -0.05) is 11.3 Å². The Hall–Kier alpha value is -3.71. The zero-order valence-electron chi connectivity index (χ0n) is 16.9. The second kappa shape index (κ2) is 8.97. The van der Waals surface area contributed by atoms with E-state index in [0.717, 1.165) is 33.2 Å². The first kappa shape index (κ1) is 20.6. The van der Waals surface area contributed by atoms with Gasteiger partial charge in [0.1, 0.15) is 17.3 Å². The minimum atomic E-state index is -0.394. The Morgan fingerprint density at radius 3 is 1.94 bits per heavy atom. The Morgan fingerprint density at radius 1 is 0.839 bits per heavy atom. The molecule has 0 aliphatic rings. The number of nitrogens with zero attached hydrogens (tertiary/aromatic N) is 1. The van der Waals surface area contributed by atoms with Crippen molar-refractivity contribution < 1.29 is 18.7 Å². The number of thiazole rings is 1. The second-order valence-electron chi connectivity index (χ2n) is 6.61. The van der Waals surface area contributed by atoms with Gasteiger partial charge in [-0.15, -0.1) is 0 Å². The molecule has 1 amide bonds. The van der Waals surface area contributed by atoms with E-state index in [2.05, 4.69) is 10.3 Å². The zero-order valence-corrected chi connectivity index (χ0v) is 17.7. The van der Waals surface area contributed by atoms with Gasteiger partial charge >= 0.3 is 0 Å². The van der Waals surface area contributed by atoms with Gasteiger partial charge in [0.2, 0.25) is 0 Å². The predicted molar refractivity (Wildman–Crippen MR) is 120 cm³/mol. The summed E-state index contributed by atoms with van der Waals surface area (Å²) in [5.41, 5.74) is 2.94. The van der Waals surface area contributed by atoms with Crippen molar-refractivity contribution in [3.8, 4) is 33.2 Å². The van der Waals surface area contributed by atoms with Crippen LogP contribution in [0.5, 0.6) is 11.5 Å². The standard InChI is InChI=1S/C24H19FN2O3S/c1-29-19-11-5-15(6-12-19)21-22(16-7-13-20(30-2)14-8-16)31-24(26-21)27-23(28)17-3-9-18(25)10-4-17/h3-14H,1-2H3,(H,26,27,28). The smallest absolute Gasteiger partial charge is 0.257 e. The Kier molecular flexibility index (Phi) is 5.95. The zero-order chi connectivity index (χ0) is 21.8. The monoisotopic (exact) mass is 434 g/mol. The SMILES string of the molecule is COc1ccc(-c2nc(NC(=O)c3ccc(F)cc3)sc2-c2ccc(OC)cc2)cc1. The summed E-state index contributed by atoms with van der Waals surface area (Å²) < 4.78 is 23.7. The normalized spacial score (nSPS) is 10.5. The minimum Gasteiger partial charge on any atom is -0.497 e. The van der Waals surface area contributed by atoms with Crippen LogP contribution < -0.4 is 14.8 Å². The van der Waals surface area contributed by atoms with Crippen molar-refractivity contribution in [2.24, 2.45) is 0 Å². The molecule has 1 N–H and O–H groups in total. The number of hydrogen-bond acceptors (Lipinski definition) is 5. The van der Waals surface area contributed by atoms with Gasteiger partial charge in [0.15, 0.2) is 5.13 Å². The van der Waals surface area contributed by atoms with Crippen molar-refractivity contribution in [3.05, 3.63) is 84.2 Å². The van der Waals surface area contributed by atoms with E-state index in [9.17, 15) is 9.18 Å². The number of rotatable bonds is 6. The van der Waals surface area contributed by atoms with Gasteiger partial charge in [0.25, 0.3) is 5.91 Å². The number of nitrogens with one attached hydrogen (secondary N) is 1. The molecule has 0 saturated heterocycles. The molecule has 1 heterocycles. The molecule has 0 bridgehead atoms. The van der Waals surface area contributed by atoms with Crippen LogP contribution in [0.4, 0.5) is 9.52 Å². The Labute approximate surface area is 183 Å². The van der Waals surface area contributed by atoms with Crippen LogP contribution in [0.25, 0.3) is 21.7 Å². The first-order chi connectivity index (χ1) is 15.1. The molecule has 0 saturated carbocycles. The van der Waals surface area contributed by atoms with Crippen molar-refractivity contribution in [2.45, 2.75) is 0 Å². The second-order valence-corrected chi connectivity index (χ2v) is 7.61. The van der Waals surface area contributed by atoms with Crippen LogP contribution in [0.3, 0.4) is 0 Å². The van der Waals surface area contributed by atoms with E-state index in [1.807, 2.05) is 48.5 Å². The van der Waals surface area contributed by atoms with Crippen molar-refractivity contribution in [3.63, 3.8) is 0 Å². The Bertz CT molecular complexity index is 1120. The van der Waals surface area contributed by atoms with E-state index in [0.29, 0.717) is 10.7 Å². The maximum Gasteiger partial charge on any atom is 0.257 e. The quantitative estimate of drug-likeness (QED) is 0.411. The van der Waals surface area contributed by atoms with Gasteiger partial charge in [-0.05, 0) is 78.4 Å². The van der Waals surface area contributed by atoms with Gasteiger partial charge in [-0.3, -0.25) is 10.1 Å². The van der Waals surface area contributed by atoms with Gasteiger partial charge in [0.05, 0.1) is 24.8 Å². The third-order valence-electron chi connectivity index (χ3n) is 4.67. The van der Waals surface area contributed by atoms with Gasteiger partial charge in [0, 0.05) is 11.1 Å². The maximum absolute atomic E-state index is 13.2. The summed E-state index contributed by atoms with van der Waals surface area (Å²) in [7, 11) is 3.23. The molecule has 1 aromatic heterocycles. The van der Waals surface area contributed by atoms with Crippen LogP contribution in [0.2, 0.25) is 0 Å². The lowest BCUT2D eigenvalue weighted by molar-refractivity contribution is 0.102. The highest BCUT2D eigenvalue weighted by molar-refractivity contribution is 7.19. The topological polar surface area (TPSA) is 60.5 Å². The van der Waals surface area contributed by atoms with E-state index in [1.54, 1.807) is 14.2 Å². The summed E-state index contributed by atoms with van der Waals surface area (Å²) >= 11 is 1.37. The fourth-order valence-corrected chi connectivity index (χ4v) is 4.01. The molecule has 5 nitrogen and oxygen atoms in total. The highest BCUT2D eigenvalue weighted by Gasteiger charge is 2.17. The van der Waals surface area contributed by atoms with Crippen LogP contribution in [-0.2, 0) is 0 Å². The fraction of sp³-hybridized carbons (Fsp3) is 0.0833. The molecule has 0 fully saturated rings. The Morgan fingerprint density at radius 2 is 1.39 bits per heavy atom. The van der Waals surface area contributed by atoms with Crippen molar-refractivity contribution in [2.75, 3.05) is 19.5 Å². The van der Waals surface area contributed by atoms with Gasteiger partial charge in [-0.25, -0.2) is 9.37 Å². The van der Waals surface area contributed by atoms with Crippen molar-refractivity contribution >= 4 is 22.4 Å². The largest absolute Gasteiger partial charge is 0.497 e. The highest BCUT2D eigenvalue weighted by Crippen LogP contribution is 2.40. The maximum atomic E-state index is 13.2. The van der Waals surface area contributed by atoms with Gasteiger partial charge in [-0.2, -0.15) is 0 Å². The van der Waals surface area contributed by atoms with Gasteiger partial charge < -0.3 is 9.47 Å². The van der Waals surface area contributed by atoms with Crippen LogP contribution in [0.15, 0.2) is 72.8 Å². The number of halogens is 1. The van der Waals surface area contributed by atoms with Crippen LogP contribution in [-0.4, -0.2) is 25.1 Å². The fourth-order valence-electron chi connectivity index (χ4n) is 3.03. The molecule has 0 atom stereocenters. The number of hydrogen-bond donors (Lipinski definition) is 1. The van der Waals surface area contributed by atoms with Crippen LogP contribution >= 0.6 is 11.3 Å². The first-order valence-electron chi connectivity index (χ1n) is 9.44. The highest BCUT2D eigenvalue weighted by atomic mass is 32.1. The Balaban J connectivity index is 1.71.